The second-order valence-corrected chi connectivity index (χ2v) is 5.81. The van der Waals surface area contributed by atoms with E-state index in [-0.39, 0.29) is 24.4 Å². The fraction of sp³-hybridized carbons (Fsp3) is 0.769. The van der Waals surface area contributed by atoms with E-state index in [0.29, 0.717) is 0 Å². The second kappa shape index (κ2) is 5.18. The van der Waals surface area contributed by atoms with Crippen LogP contribution >= 0.6 is 0 Å². The minimum absolute atomic E-state index is 0.164. The van der Waals surface area contributed by atoms with Crippen molar-refractivity contribution in [2.45, 2.75) is 52.2 Å². The molecule has 18 heavy (non-hydrogen) atoms. The van der Waals surface area contributed by atoms with Crippen LogP contribution in [0.25, 0.3) is 0 Å². The third-order valence-corrected chi connectivity index (χ3v) is 3.05. The molecule has 1 rings (SSSR count). The number of carbonyl (C=O) groups is 3. The number of Topliss-reactive ketones (excluding diaryl/α,β-unsaturated/α-hetero) is 2. The van der Waals surface area contributed by atoms with Gasteiger partial charge in [-0.05, 0) is 20.8 Å². The van der Waals surface area contributed by atoms with E-state index in [1.165, 1.54) is 0 Å². The summed E-state index contributed by atoms with van der Waals surface area (Å²) in [5.41, 5.74) is 5.28. The van der Waals surface area contributed by atoms with Gasteiger partial charge in [-0.3, -0.25) is 14.4 Å². The average Bonchev–Trinajstić information content (AvgIpc) is 2.54. The van der Waals surface area contributed by atoms with Crippen molar-refractivity contribution < 1.29 is 19.1 Å². The quantitative estimate of drug-likeness (QED) is 0.596. The van der Waals surface area contributed by atoms with E-state index in [0.717, 1.165) is 0 Å². The molecule has 2 atom stereocenters. The number of hydrogen-bond donors (Lipinski definition) is 1. The maximum Gasteiger partial charge on any atom is 0.310 e. The Kier molecular flexibility index (Phi) is 4.27. The smallest absolute Gasteiger partial charge is 0.310 e. The number of rotatable bonds is 3. The van der Waals surface area contributed by atoms with Crippen molar-refractivity contribution in [3.63, 3.8) is 0 Å². The molecule has 0 aliphatic heterocycles. The van der Waals surface area contributed by atoms with Crippen molar-refractivity contribution >= 4 is 17.5 Å². The highest BCUT2D eigenvalue weighted by Crippen LogP contribution is 2.25. The van der Waals surface area contributed by atoms with Gasteiger partial charge in [-0.2, -0.15) is 0 Å². The number of hydrogen-bond acceptors (Lipinski definition) is 5. The molecule has 2 N–H and O–H groups in total. The second-order valence-electron chi connectivity index (χ2n) is 5.81. The van der Waals surface area contributed by atoms with Crippen LogP contribution in [0, 0.1) is 11.8 Å². The summed E-state index contributed by atoms with van der Waals surface area (Å²) in [5.74, 6) is -2.30. The van der Waals surface area contributed by atoms with Gasteiger partial charge >= 0.3 is 5.97 Å². The predicted octanol–water partition coefficient (Wildman–Crippen LogP) is 0.840. The zero-order valence-electron chi connectivity index (χ0n) is 11.4. The highest BCUT2D eigenvalue weighted by atomic mass is 16.6. The molecule has 0 bridgehead atoms. The van der Waals surface area contributed by atoms with Gasteiger partial charge in [0.05, 0.1) is 11.8 Å². The summed E-state index contributed by atoms with van der Waals surface area (Å²) in [4.78, 5) is 35.0. The Morgan fingerprint density at radius 2 is 1.72 bits per heavy atom. The van der Waals surface area contributed by atoms with E-state index in [9.17, 15) is 14.4 Å². The molecular formula is C13H21NO4. The van der Waals surface area contributed by atoms with Crippen LogP contribution in [0.15, 0.2) is 0 Å². The number of carbonyl (C=O) groups excluding carboxylic acids is 3. The third-order valence-electron chi connectivity index (χ3n) is 3.05. The van der Waals surface area contributed by atoms with E-state index in [1.807, 2.05) is 0 Å². The summed E-state index contributed by atoms with van der Waals surface area (Å²) in [7, 11) is 0. The SMILES string of the molecule is CC(C(=O)OC(C)(C)C)[C@H](N)C1C(=O)CCC1=O. The van der Waals surface area contributed by atoms with Gasteiger partial charge in [0.25, 0.3) is 0 Å². The van der Waals surface area contributed by atoms with Gasteiger partial charge < -0.3 is 10.5 Å². The first-order valence-electron chi connectivity index (χ1n) is 6.17. The highest BCUT2D eigenvalue weighted by molar-refractivity contribution is 6.09. The lowest BCUT2D eigenvalue weighted by molar-refractivity contribution is -0.160. The van der Waals surface area contributed by atoms with E-state index in [2.05, 4.69) is 0 Å². The Labute approximate surface area is 107 Å². The molecule has 5 heteroatoms. The molecular weight excluding hydrogens is 234 g/mol. The van der Waals surface area contributed by atoms with Gasteiger partial charge in [0, 0.05) is 18.9 Å². The van der Waals surface area contributed by atoms with E-state index in [1.54, 1.807) is 27.7 Å². The normalized spacial score (nSPS) is 20.9. The lowest BCUT2D eigenvalue weighted by Crippen LogP contribution is -2.46. The number of nitrogens with two attached hydrogens (primary N) is 1. The fourth-order valence-electron chi connectivity index (χ4n) is 2.01. The maximum atomic E-state index is 11.8. The topological polar surface area (TPSA) is 86.5 Å². The van der Waals surface area contributed by atoms with Gasteiger partial charge in [0.15, 0.2) is 0 Å². The molecule has 5 nitrogen and oxygen atoms in total. The third kappa shape index (κ3) is 3.38. The van der Waals surface area contributed by atoms with Crippen LogP contribution in [0.5, 0.6) is 0 Å². The lowest BCUT2D eigenvalue weighted by Gasteiger charge is -2.26. The molecule has 1 saturated carbocycles. The summed E-state index contributed by atoms with van der Waals surface area (Å²) < 4.78 is 5.21. The molecule has 0 aromatic rings. The monoisotopic (exact) mass is 255 g/mol. The van der Waals surface area contributed by atoms with Crippen molar-refractivity contribution in [3.05, 3.63) is 0 Å². The van der Waals surface area contributed by atoms with E-state index >= 15 is 0 Å². The molecule has 0 amide bonds. The highest BCUT2D eigenvalue weighted by Gasteiger charge is 2.42. The molecule has 1 unspecified atom stereocenters. The molecule has 1 aliphatic rings. The molecule has 102 valence electrons. The first-order chi connectivity index (χ1) is 8.13. The molecule has 0 heterocycles. The lowest BCUT2D eigenvalue weighted by atomic mass is 9.87. The summed E-state index contributed by atoms with van der Waals surface area (Å²) in [5, 5.41) is 0. The van der Waals surface area contributed by atoms with Crippen molar-refractivity contribution in [1.82, 2.24) is 0 Å². The van der Waals surface area contributed by atoms with Crippen LogP contribution in [-0.2, 0) is 19.1 Å². The molecule has 0 aromatic heterocycles. The van der Waals surface area contributed by atoms with Crippen LogP contribution in [0.1, 0.15) is 40.5 Å². The molecule has 0 radical (unpaired) electrons. The number of esters is 1. The molecule has 0 saturated heterocycles. The van der Waals surface area contributed by atoms with Crippen LogP contribution in [0.2, 0.25) is 0 Å². The van der Waals surface area contributed by atoms with Gasteiger partial charge in [0.2, 0.25) is 0 Å². The van der Waals surface area contributed by atoms with Crippen molar-refractivity contribution in [2.24, 2.45) is 17.6 Å². The van der Waals surface area contributed by atoms with Gasteiger partial charge in [-0.25, -0.2) is 0 Å². The van der Waals surface area contributed by atoms with Crippen LogP contribution in [0.4, 0.5) is 0 Å². The Morgan fingerprint density at radius 1 is 1.28 bits per heavy atom. The molecule has 1 aliphatic carbocycles. The number of ketones is 2. The summed E-state index contributed by atoms with van der Waals surface area (Å²) in [6.45, 7) is 6.87. The Morgan fingerprint density at radius 3 is 2.11 bits per heavy atom. The minimum Gasteiger partial charge on any atom is -0.460 e. The van der Waals surface area contributed by atoms with Crippen LogP contribution in [0.3, 0.4) is 0 Å². The minimum atomic E-state index is -0.840. The molecule has 1 fully saturated rings. The standard InChI is InChI=1S/C13H21NO4/c1-7(12(17)18-13(2,3)4)11(14)10-8(15)5-6-9(10)16/h7,10-11H,5-6,14H2,1-4H3/t7?,11-/m0/s1. The average molecular weight is 255 g/mol. The summed E-state index contributed by atoms with van der Waals surface area (Å²) in [6.07, 6.45) is 0.469. The Bertz CT molecular complexity index is 354. The predicted molar refractivity (Wildman–Crippen MR) is 65.7 cm³/mol. The van der Waals surface area contributed by atoms with Gasteiger partial charge in [0.1, 0.15) is 17.2 Å². The van der Waals surface area contributed by atoms with Crippen molar-refractivity contribution in [1.29, 1.82) is 0 Å². The summed E-state index contributed by atoms with van der Waals surface area (Å²) in [6, 6.07) is -0.789. The van der Waals surface area contributed by atoms with Crippen LogP contribution in [-0.4, -0.2) is 29.2 Å². The molecule has 0 spiro atoms. The Balaban J connectivity index is 2.72. The Hall–Kier alpha value is -1.23. The van der Waals surface area contributed by atoms with E-state index < -0.39 is 29.4 Å². The summed E-state index contributed by atoms with van der Waals surface area (Å²) >= 11 is 0. The first kappa shape index (κ1) is 14.8. The molecule has 0 aromatic carbocycles. The first-order valence-corrected chi connectivity index (χ1v) is 6.17. The van der Waals surface area contributed by atoms with Gasteiger partial charge in [-0.1, -0.05) is 6.92 Å². The fourth-order valence-corrected chi connectivity index (χ4v) is 2.01. The van der Waals surface area contributed by atoms with Gasteiger partial charge in [-0.15, -0.1) is 0 Å². The maximum absolute atomic E-state index is 11.8. The zero-order chi connectivity index (χ0) is 14.1. The van der Waals surface area contributed by atoms with E-state index in [4.69, 9.17) is 10.5 Å². The van der Waals surface area contributed by atoms with Crippen LogP contribution < -0.4 is 5.73 Å². The largest absolute Gasteiger partial charge is 0.460 e. The van der Waals surface area contributed by atoms with Crippen molar-refractivity contribution in [2.75, 3.05) is 0 Å². The zero-order valence-corrected chi connectivity index (χ0v) is 11.4. The number of ether oxygens (including phenoxy) is 1. The van der Waals surface area contributed by atoms with Crippen molar-refractivity contribution in [3.8, 4) is 0 Å².